The highest BCUT2D eigenvalue weighted by molar-refractivity contribution is 5.73. The lowest BCUT2D eigenvalue weighted by atomic mass is 10.3. The summed E-state index contributed by atoms with van der Waals surface area (Å²) in [5.74, 6) is -0.261. The van der Waals surface area contributed by atoms with Gasteiger partial charge in [-0.25, -0.2) is 9.07 Å². The van der Waals surface area contributed by atoms with Gasteiger partial charge in [0.05, 0.1) is 5.52 Å². The molecular weight excluding hydrogens is 231 g/mol. The van der Waals surface area contributed by atoms with Crippen molar-refractivity contribution in [1.82, 2.24) is 15.0 Å². The van der Waals surface area contributed by atoms with E-state index in [0.29, 0.717) is 6.67 Å². The maximum Gasteiger partial charge on any atom is 0.125 e. The van der Waals surface area contributed by atoms with Crippen LogP contribution < -0.4 is 5.32 Å². The maximum atomic E-state index is 13.0. The Balaban J connectivity index is 1.81. The second-order valence-corrected chi connectivity index (χ2v) is 3.92. The van der Waals surface area contributed by atoms with Gasteiger partial charge in [-0.3, -0.25) is 0 Å². The first-order chi connectivity index (χ1) is 8.83. The molecule has 0 unspecified atom stereocenters. The van der Waals surface area contributed by atoms with E-state index in [1.54, 1.807) is 10.7 Å². The summed E-state index contributed by atoms with van der Waals surface area (Å²) in [7, 11) is 0. The molecule has 0 amide bonds. The minimum Gasteiger partial charge on any atom is -0.366 e. The van der Waals surface area contributed by atoms with Crippen LogP contribution in [0.3, 0.4) is 0 Å². The van der Waals surface area contributed by atoms with Gasteiger partial charge in [-0.15, -0.1) is 5.10 Å². The molecule has 0 fully saturated rings. The molecule has 0 aliphatic rings. The fourth-order valence-corrected chi connectivity index (χ4v) is 1.80. The van der Waals surface area contributed by atoms with Gasteiger partial charge in [-0.1, -0.05) is 23.4 Å². The zero-order chi connectivity index (χ0) is 12.4. The lowest BCUT2D eigenvalue weighted by Crippen LogP contribution is -2.09. The average molecular weight is 242 g/mol. The van der Waals surface area contributed by atoms with Gasteiger partial charge in [0.2, 0.25) is 0 Å². The number of benzene rings is 2. The molecule has 3 aromatic rings. The van der Waals surface area contributed by atoms with E-state index in [0.717, 1.165) is 16.7 Å². The molecule has 3 rings (SSSR count). The van der Waals surface area contributed by atoms with E-state index in [2.05, 4.69) is 15.6 Å². The molecule has 90 valence electrons. The van der Waals surface area contributed by atoms with Crippen molar-refractivity contribution in [2.75, 3.05) is 5.32 Å². The van der Waals surface area contributed by atoms with E-state index in [-0.39, 0.29) is 5.82 Å². The smallest absolute Gasteiger partial charge is 0.125 e. The molecule has 1 aromatic heterocycles. The van der Waals surface area contributed by atoms with Gasteiger partial charge in [0.15, 0.2) is 0 Å². The average Bonchev–Trinajstić information content (AvgIpc) is 2.80. The molecule has 1 N–H and O–H groups in total. The van der Waals surface area contributed by atoms with Crippen LogP contribution in [-0.2, 0) is 6.67 Å². The minimum absolute atomic E-state index is 0.261. The number of rotatable bonds is 3. The molecule has 1 heterocycles. The normalized spacial score (nSPS) is 10.7. The van der Waals surface area contributed by atoms with E-state index in [9.17, 15) is 4.39 Å². The van der Waals surface area contributed by atoms with Crippen LogP contribution in [0.25, 0.3) is 11.0 Å². The number of nitrogens with zero attached hydrogens (tertiary/aromatic N) is 3. The second kappa shape index (κ2) is 4.44. The number of para-hydroxylation sites is 1. The molecule has 0 radical (unpaired) electrons. The summed E-state index contributed by atoms with van der Waals surface area (Å²) in [5.41, 5.74) is 2.51. The first-order valence-corrected chi connectivity index (χ1v) is 5.60. The number of hydrogen-bond donors (Lipinski definition) is 1. The van der Waals surface area contributed by atoms with Crippen molar-refractivity contribution < 1.29 is 4.39 Å². The third-order valence-electron chi connectivity index (χ3n) is 2.68. The van der Waals surface area contributed by atoms with Gasteiger partial charge in [0.25, 0.3) is 0 Å². The van der Waals surface area contributed by atoms with Gasteiger partial charge in [0.1, 0.15) is 18.0 Å². The summed E-state index contributed by atoms with van der Waals surface area (Å²) >= 11 is 0. The van der Waals surface area contributed by atoms with Gasteiger partial charge < -0.3 is 5.32 Å². The van der Waals surface area contributed by atoms with E-state index >= 15 is 0 Å². The van der Waals surface area contributed by atoms with Crippen molar-refractivity contribution in [3.63, 3.8) is 0 Å². The van der Waals surface area contributed by atoms with Gasteiger partial charge in [-0.05, 0) is 30.3 Å². The quantitative estimate of drug-likeness (QED) is 0.767. The second-order valence-electron chi connectivity index (χ2n) is 3.92. The van der Waals surface area contributed by atoms with Crippen molar-refractivity contribution in [1.29, 1.82) is 0 Å². The molecule has 5 heteroatoms. The summed E-state index contributed by atoms with van der Waals surface area (Å²) in [4.78, 5) is 0. The fraction of sp³-hybridized carbons (Fsp3) is 0.0769. The molecule has 2 aromatic carbocycles. The van der Waals surface area contributed by atoms with Gasteiger partial charge >= 0.3 is 0 Å². The predicted molar refractivity (Wildman–Crippen MR) is 67.6 cm³/mol. The highest BCUT2D eigenvalue weighted by atomic mass is 19.1. The van der Waals surface area contributed by atoms with Gasteiger partial charge in [0, 0.05) is 5.69 Å². The lowest BCUT2D eigenvalue weighted by Gasteiger charge is -2.06. The number of aromatic nitrogens is 3. The molecule has 0 aliphatic heterocycles. The largest absolute Gasteiger partial charge is 0.366 e. The standard InChI is InChI=1S/C13H11FN4/c14-10-4-3-5-11(8-10)15-9-18-13-7-2-1-6-12(13)16-17-18/h1-8,15H,9H2. The van der Waals surface area contributed by atoms with Crippen LogP contribution >= 0.6 is 0 Å². The van der Waals surface area contributed by atoms with E-state index in [1.807, 2.05) is 30.3 Å². The lowest BCUT2D eigenvalue weighted by molar-refractivity contribution is 0.625. The summed E-state index contributed by atoms with van der Waals surface area (Å²) in [6.45, 7) is 0.448. The Morgan fingerprint density at radius 3 is 2.89 bits per heavy atom. The molecule has 0 bridgehead atoms. The minimum atomic E-state index is -0.261. The monoisotopic (exact) mass is 242 g/mol. The molecule has 18 heavy (non-hydrogen) atoms. The molecule has 0 aliphatic carbocycles. The SMILES string of the molecule is Fc1cccc(NCn2nnc3ccccc32)c1. The summed E-state index contributed by atoms with van der Waals surface area (Å²) in [6, 6.07) is 14.0. The highest BCUT2D eigenvalue weighted by Gasteiger charge is 2.02. The summed E-state index contributed by atoms with van der Waals surface area (Å²) in [6.07, 6.45) is 0. The predicted octanol–water partition coefficient (Wildman–Crippen LogP) is 2.64. The Kier molecular flexibility index (Phi) is 2.64. The third-order valence-corrected chi connectivity index (χ3v) is 2.68. The van der Waals surface area contributed by atoms with Crippen molar-refractivity contribution >= 4 is 16.7 Å². The zero-order valence-electron chi connectivity index (χ0n) is 9.55. The van der Waals surface area contributed by atoms with E-state index in [4.69, 9.17) is 0 Å². The molecule has 0 saturated heterocycles. The zero-order valence-corrected chi connectivity index (χ0v) is 9.55. The molecule has 0 atom stereocenters. The van der Waals surface area contributed by atoms with Crippen LogP contribution in [0.4, 0.5) is 10.1 Å². The van der Waals surface area contributed by atoms with Crippen molar-refractivity contribution in [2.24, 2.45) is 0 Å². The number of halogens is 1. The highest BCUT2D eigenvalue weighted by Crippen LogP contribution is 2.12. The number of nitrogens with one attached hydrogen (secondary N) is 1. The Hall–Kier alpha value is -2.43. The van der Waals surface area contributed by atoms with Crippen LogP contribution in [0.15, 0.2) is 48.5 Å². The van der Waals surface area contributed by atoms with Crippen molar-refractivity contribution in [3.05, 3.63) is 54.3 Å². The molecular formula is C13H11FN4. The van der Waals surface area contributed by atoms with Crippen LogP contribution in [0, 0.1) is 5.82 Å². The van der Waals surface area contributed by atoms with Crippen LogP contribution in [0.2, 0.25) is 0 Å². The van der Waals surface area contributed by atoms with Crippen LogP contribution in [0.5, 0.6) is 0 Å². The number of fused-ring (bicyclic) bond motifs is 1. The molecule has 4 nitrogen and oxygen atoms in total. The third kappa shape index (κ3) is 2.02. The Bertz CT molecular complexity index is 677. The van der Waals surface area contributed by atoms with E-state index < -0.39 is 0 Å². The fourth-order valence-electron chi connectivity index (χ4n) is 1.80. The van der Waals surface area contributed by atoms with Crippen molar-refractivity contribution in [3.8, 4) is 0 Å². The molecule has 0 spiro atoms. The number of hydrogen-bond acceptors (Lipinski definition) is 3. The first kappa shape index (κ1) is 10.7. The Labute approximate surface area is 103 Å². The van der Waals surface area contributed by atoms with Crippen LogP contribution in [-0.4, -0.2) is 15.0 Å². The summed E-state index contributed by atoms with van der Waals surface area (Å²) < 4.78 is 14.7. The number of anilines is 1. The Morgan fingerprint density at radius 1 is 1.11 bits per heavy atom. The summed E-state index contributed by atoms with van der Waals surface area (Å²) in [5, 5.41) is 11.2. The Morgan fingerprint density at radius 2 is 2.00 bits per heavy atom. The maximum absolute atomic E-state index is 13.0. The van der Waals surface area contributed by atoms with Gasteiger partial charge in [-0.2, -0.15) is 0 Å². The van der Waals surface area contributed by atoms with Crippen molar-refractivity contribution in [2.45, 2.75) is 6.67 Å². The topological polar surface area (TPSA) is 42.7 Å². The first-order valence-electron chi connectivity index (χ1n) is 5.60. The van der Waals surface area contributed by atoms with E-state index in [1.165, 1.54) is 12.1 Å². The van der Waals surface area contributed by atoms with Crippen LogP contribution in [0.1, 0.15) is 0 Å². The molecule has 0 saturated carbocycles.